The second-order valence-electron chi connectivity index (χ2n) is 5.08. The van der Waals surface area contributed by atoms with Gasteiger partial charge in [0.25, 0.3) is 0 Å². The second-order valence-corrected chi connectivity index (χ2v) is 5.83. The van der Waals surface area contributed by atoms with E-state index >= 15 is 0 Å². The van der Waals surface area contributed by atoms with Crippen LogP contribution in [0.25, 0.3) is 10.9 Å². The molecule has 3 rings (SSSR count). The van der Waals surface area contributed by atoms with Crippen molar-refractivity contribution >= 4 is 27.4 Å². The number of aromatic nitrogens is 1. The maximum atomic E-state index is 4.52. The van der Waals surface area contributed by atoms with Crippen LogP contribution in [-0.4, -0.2) is 31.1 Å². The van der Waals surface area contributed by atoms with E-state index in [-0.39, 0.29) is 0 Å². The Morgan fingerprint density at radius 2 is 2.11 bits per heavy atom. The van der Waals surface area contributed by atoms with E-state index in [0.29, 0.717) is 0 Å². The van der Waals surface area contributed by atoms with Gasteiger partial charge in [0, 0.05) is 19.0 Å². The van der Waals surface area contributed by atoms with E-state index in [2.05, 4.69) is 45.9 Å². The molecule has 1 aromatic heterocycles. The van der Waals surface area contributed by atoms with Crippen molar-refractivity contribution < 1.29 is 0 Å². The molecule has 1 N–H and O–H groups in total. The molecule has 1 aliphatic rings. The van der Waals surface area contributed by atoms with Crippen molar-refractivity contribution in [2.24, 2.45) is 5.92 Å². The molecule has 18 heavy (non-hydrogen) atoms. The monoisotopic (exact) mass is 261 g/mol. The third kappa shape index (κ3) is 2.35. The van der Waals surface area contributed by atoms with Crippen molar-refractivity contribution in [1.29, 1.82) is 0 Å². The van der Waals surface area contributed by atoms with Gasteiger partial charge in [0.1, 0.15) is 5.00 Å². The number of nitrogens with zero attached hydrogens (tertiary/aromatic N) is 2. The first kappa shape index (κ1) is 11.9. The number of hydrogen-bond acceptors (Lipinski definition) is 4. The van der Waals surface area contributed by atoms with Crippen LogP contribution >= 0.6 is 11.5 Å². The highest BCUT2D eigenvalue weighted by atomic mass is 32.1. The summed E-state index contributed by atoms with van der Waals surface area (Å²) in [6.07, 6.45) is 2.59. The van der Waals surface area contributed by atoms with Crippen molar-refractivity contribution in [2.45, 2.75) is 12.8 Å². The van der Waals surface area contributed by atoms with Crippen LogP contribution in [0.2, 0.25) is 0 Å². The summed E-state index contributed by atoms with van der Waals surface area (Å²) in [7, 11) is 2.20. The van der Waals surface area contributed by atoms with Gasteiger partial charge in [-0.1, -0.05) is 12.1 Å². The molecular formula is C14H19N3S. The SMILES string of the molecule is CN(CC1CCNCC1)c1snc2ccccc12. The fraction of sp³-hybridized carbons (Fsp3) is 0.500. The lowest BCUT2D eigenvalue weighted by Crippen LogP contribution is -2.34. The molecule has 96 valence electrons. The molecule has 0 saturated carbocycles. The molecule has 0 aliphatic carbocycles. The van der Waals surface area contributed by atoms with E-state index in [9.17, 15) is 0 Å². The molecule has 3 nitrogen and oxygen atoms in total. The highest BCUT2D eigenvalue weighted by Gasteiger charge is 2.17. The lowest BCUT2D eigenvalue weighted by molar-refractivity contribution is 0.378. The van der Waals surface area contributed by atoms with Crippen LogP contribution in [0.1, 0.15) is 12.8 Å². The van der Waals surface area contributed by atoms with Crippen LogP contribution in [-0.2, 0) is 0 Å². The lowest BCUT2D eigenvalue weighted by atomic mass is 9.98. The third-order valence-corrected chi connectivity index (χ3v) is 4.69. The molecule has 2 heterocycles. The van der Waals surface area contributed by atoms with Gasteiger partial charge in [-0.3, -0.25) is 0 Å². The Morgan fingerprint density at radius 1 is 1.33 bits per heavy atom. The van der Waals surface area contributed by atoms with Gasteiger partial charge in [-0.25, -0.2) is 0 Å². The summed E-state index contributed by atoms with van der Waals surface area (Å²) in [6.45, 7) is 3.48. The van der Waals surface area contributed by atoms with E-state index in [4.69, 9.17) is 0 Å². The van der Waals surface area contributed by atoms with E-state index in [1.54, 1.807) is 11.5 Å². The lowest BCUT2D eigenvalue weighted by Gasteiger charge is -2.27. The molecular weight excluding hydrogens is 242 g/mol. The van der Waals surface area contributed by atoms with Crippen molar-refractivity contribution in [3.8, 4) is 0 Å². The molecule has 0 radical (unpaired) electrons. The van der Waals surface area contributed by atoms with E-state index in [1.165, 1.54) is 36.3 Å². The first-order chi connectivity index (χ1) is 8.84. The molecule has 0 unspecified atom stereocenters. The second kappa shape index (κ2) is 5.24. The van der Waals surface area contributed by atoms with Crippen LogP contribution < -0.4 is 10.2 Å². The molecule has 0 atom stereocenters. The summed E-state index contributed by atoms with van der Waals surface area (Å²) in [5.74, 6) is 0.817. The molecule has 1 aromatic carbocycles. The molecule has 1 fully saturated rings. The van der Waals surface area contributed by atoms with Crippen LogP contribution in [0.4, 0.5) is 5.00 Å². The van der Waals surface area contributed by atoms with Gasteiger partial charge in [0.15, 0.2) is 0 Å². The largest absolute Gasteiger partial charge is 0.364 e. The van der Waals surface area contributed by atoms with E-state index < -0.39 is 0 Å². The van der Waals surface area contributed by atoms with Crippen LogP contribution in [0.3, 0.4) is 0 Å². The van der Waals surface area contributed by atoms with Gasteiger partial charge in [0.05, 0.1) is 5.52 Å². The number of benzene rings is 1. The Hall–Kier alpha value is -1.13. The molecule has 0 spiro atoms. The first-order valence-corrected chi connectivity index (χ1v) is 7.38. The predicted octanol–water partition coefficient (Wildman–Crippen LogP) is 2.73. The first-order valence-electron chi connectivity index (χ1n) is 6.61. The Labute approximate surface area is 112 Å². The van der Waals surface area contributed by atoms with Crippen LogP contribution in [0, 0.1) is 5.92 Å². The standard InChI is InChI=1S/C14H19N3S/c1-17(10-11-6-8-15-9-7-11)14-12-4-2-3-5-13(12)16-18-14/h2-5,11,15H,6-10H2,1H3. The number of piperidine rings is 1. The Kier molecular flexibility index (Phi) is 3.48. The number of fused-ring (bicyclic) bond motifs is 1. The minimum Gasteiger partial charge on any atom is -0.364 e. The van der Waals surface area contributed by atoms with E-state index in [0.717, 1.165) is 18.0 Å². The zero-order valence-electron chi connectivity index (χ0n) is 10.7. The van der Waals surface area contributed by atoms with Gasteiger partial charge in [-0.05, 0) is 55.5 Å². The summed E-state index contributed by atoms with van der Waals surface area (Å²) in [5.41, 5.74) is 1.12. The number of hydrogen-bond donors (Lipinski definition) is 1. The zero-order chi connectivity index (χ0) is 12.4. The molecule has 1 aliphatic heterocycles. The minimum absolute atomic E-state index is 0.817. The summed E-state index contributed by atoms with van der Waals surface area (Å²) in [4.78, 5) is 2.38. The highest BCUT2D eigenvalue weighted by Crippen LogP contribution is 2.31. The number of nitrogens with one attached hydrogen (secondary N) is 1. The maximum Gasteiger partial charge on any atom is 0.119 e. The fourth-order valence-corrected chi connectivity index (χ4v) is 3.51. The highest BCUT2D eigenvalue weighted by molar-refractivity contribution is 7.11. The van der Waals surface area contributed by atoms with Crippen LogP contribution in [0.15, 0.2) is 24.3 Å². The van der Waals surface area contributed by atoms with Gasteiger partial charge in [-0.15, -0.1) is 0 Å². The molecule has 4 heteroatoms. The van der Waals surface area contributed by atoms with Gasteiger partial charge < -0.3 is 10.2 Å². The van der Waals surface area contributed by atoms with Gasteiger partial charge in [-0.2, -0.15) is 4.37 Å². The predicted molar refractivity (Wildman–Crippen MR) is 78.5 cm³/mol. The quantitative estimate of drug-likeness (QED) is 0.921. The van der Waals surface area contributed by atoms with Crippen molar-refractivity contribution in [2.75, 3.05) is 31.6 Å². The zero-order valence-corrected chi connectivity index (χ0v) is 11.5. The topological polar surface area (TPSA) is 28.2 Å². The van der Waals surface area contributed by atoms with Crippen molar-refractivity contribution in [1.82, 2.24) is 9.69 Å². The normalized spacial score (nSPS) is 17.2. The van der Waals surface area contributed by atoms with Crippen LogP contribution in [0.5, 0.6) is 0 Å². The minimum atomic E-state index is 0.817. The third-order valence-electron chi connectivity index (χ3n) is 3.70. The average Bonchev–Trinajstić information content (AvgIpc) is 2.84. The number of anilines is 1. The Bertz CT molecular complexity index is 516. The molecule has 0 bridgehead atoms. The summed E-state index contributed by atoms with van der Waals surface area (Å²) >= 11 is 1.62. The summed E-state index contributed by atoms with van der Waals surface area (Å²) < 4.78 is 4.52. The van der Waals surface area contributed by atoms with Crippen molar-refractivity contribution in [3.05, 3.63) is 24.3 Å². The molecule has 1 saturated heterocycles. The smallest absolute Gasteiger partial charge is 0.119 e. The fourth-order valence-electron chi connectivity index (χ4n) is 2.69. The Morgan fingerprint density at radius 3 is 2.94 bits per heavy atom. The molecule has 0 amide bonds. The average molecular weight is 261 g/mol. The van der Waals surface area contributed by atoms with Gasteiger partial charge in [0.2, 0.25) is 0 Å². The maximum absolute atomic E-state index is 4.52. The summed E-state index contributed by atoms with van der Waals surface area (Å²) in [5, 5.41) is 6.02. The summed E-state index contributed by atoms with van der Waals surface area (Å²) in [6, 6.07) is 8.41. The van der Waals surface area contributed by atoms with E-state index in [1.807, 2.05) is 0 Å². The van der Waals surface area contributed by atoms with Crippen molar-refractivity contribution in [3.63, 3.8) is 0 Å². The van der Waals surface area contributed by atoms with Gasteiger partial charge >= 0.3 is 0 Å². The number of rotatable bonds is 3. The molecule has 2 aromatic rings. The Balaban J connectivity index is 1.76.